The lowest BCUT2D eigenvalue weighted by Gasteiger charge is -1.78. The topological polar surface area (TPSA) is 49.8 Å². The van der Waals surface area contributed by atoms with Crippen LogP contribution in [0.25, 0.3) is 0 Å². The summed E-state index contributed by atoms with van der Waals surface area (Å²) in [5.74, 6) is 0.829. The molecule has 0 bridgehead atoms. The van der Waals surface area contributed by atoms with Gasteiger partial charge in [-0.3, -0.25) is 0 Å². The molecule has 2 nitrogen and oxygen atoms in total. The summed E-state index contributed by atoms with van der Waals surface area (Å²) in [5.41, 5.74) is 5.25. The normalized spacial score (nSPS) is 37.1. The highest BCUT2D eigenvalue weighted by molar-refractivity contribution is 5.01. The van der Waals surface area contributed by atoms with Crippen LogP contribution in [0, 0.1) is 23.2 Å². The van der Waals surface area contributed by atoms with Crippen molar-refractivity contribution in [1.82, 2.24) is 0 Å². The number of hydrogen-bond donors (Lipinski definition) is 1. The van der Waals surface area contributed by atoms with Gasteiger partial charge in [0.05, 0.1) is 12.0 Å². The molecule has 1 fully saturated rings. The van der Waals surface area contributed by atoms with Crippen molar-refractivity contribution < 1.29 is 0 Å². The molecule has 0 aromatic carbocycles. The predicted octanol–water partition coefficient (Wildman–Crippen LogP) is 0.105. The number of hydrogen-bond acceptors (Lipinski definition) is 2. The molecule has 0 spiro atoms. The van der Waals surface area contributed by atoms with Gasteiger partial charge in [0.15, 0.2) is 0 Å². The van der Waals surface area contributed by atoms with E-state index in [2.05, 4.69) is 6.07 Å². The Hall–Kier alpha value is -0.550. The zero-order chi connectivity index (χ0) is 5.28. The minimum Gasteiger partial charge on any atom is -0.330 e. The van der Waals surface area contributed by atoms with Crippen molar-refractivity contribution in [3.05, 3.63) is 0 Å². The SMILES string of the molecule is N#C[C@H]1C[C@H]1CN. The Morgan fingerprint density at radius 2 is 2.57 bits per heavy atom. The third-order valence-corrected chi connectivity index (χ3v) is 1.39. The summed E-state index contributed by atoms with van der Waals surface area (Å²) >= 11 is 0. The fourth-order valence-electron chi connectivity index (χ4n) is 0.666. The quantitative estimate of drug-likeness (QED) is 0.503. The van der Waals surface area contributed by atoms with Gasteiger partial charge in [-0.25, -0.2) is 0 Å². The van der Waals surface area contributed by atoms with Gasteiger partial charge < -0.3 is 5.73 Å². The standard InChI is InChI=1S/C5H8N2/c6-2-4-1-5(4)3-7/h4-5H,1-2,6H2/t4-,5+/m0/s1. The van der Waals surface area contributed by atoms with Crippen LogP contribution in [0.5, 0.6) is 0 Å². The molecule has 1 rings (SSSR count). The van der Waals surface area contributed by atoms with E-state index >= 15 is 0 Å². The lowest BCUT2D eigenvalue weighted by molar-refractivity contribution is 0.804. The van der Waals surface area contributed by atoms with Crippen molar-refractivity contribution in [2.75, 3.05) is 6.54 Å². The minimum atomic E-state index is 0.296. The van der Waals surface area contributed by atoms with Crippen LogP contribution in [0.3, 0.4) is 0 Å². The zero-order valence-electron chi connectivity index (χ0n) is 4.09. The summed E-state index contributed by atoms with van der Waals surface area (Å²) in [6.07, 6.45) is 1.03. The number of nitrogens with two attached hydrogens (primary N) is 1. The monoisotopic (exact) mass is 96.1 g/mol. The van der Waals surface area contributed by atoms with Crippen LogP contribution in [-0.2, 0) is 0 Å². The summed E-state index contributed by atoms with van der Waals surface area (Å²) in [7, 11) is 0. The van der Waals surface area contributed by atoms with Gasteiger partial charge in [-0.05, 0) is 18.9 Å². The maximum atomic E-state index is 8.20. The predicted molar refractivity (Wildman–Crippen MR) is 26.3 cm³/mol. The van der Waals surface area contributed by atoms with Gasteiger partial charge in [0.1, 0.15) is 0 Å². The highest BCUT2D eigenvalue weighted by Gasteiger charge is 2.35. The summed E-state index contributed by atoms with van der Waals surface area (Å²) < 4.78 is 0. The Morgan fingerprint density at radius 3 is 2.71 bits per heavy atom. The van der Waals surface area contributed by atoms with Crippen LogP contribution >= 0.6 is 0 Å². The van der Waals surface area contributed by atoms with Crippen LogP contribution in [0.4, 0.5) is 0 Å². The fourth-order valence-corrected chi connectivity index (χ4v) is 0.666. The average molecular weight is 96.1 g/mol. The Morgan fingerprint density at radius 1 is 1.86 bits per heavy atom. The Labute approximate surface area is 42.9 Å². The van der Waals surface area contributed by atoms with Crippen LogP contribution in [-0.4, -0.2) is 6.54 Å². The molecule has 1 saturated carbocycles. The maximum absolute atomic E-state index is 8.20. The van der Waals surface area contributed by atoms with Crippen LogP contribution < -0.4 is 5.73 Å². The highest BCUT2D eigenvalue weighted by atomic mass is 14.6. The van der Waals surface area contributed by atoms with Gasteiger partial charge in [0.2, 0.25) is 0 Å². The van der Waals surface area contributed by atoms with Crippen molar-refractivity contribution in [2.24, 2.45) is 17.6 Å². The van der Waals surface area contributed by atoms with E-state index in [-0.39, 0.29) is 0 Å². The first-order valence-electron chi connectivity index (χ1n) is 2.48. The number of rotatable bonds is 1. The summed E-state index contributed by atoms with van der Waals surface area (Å²) in [4.78, 5) is 0. The number of nitrogens with zero attached hydrogens (tertiary/aromatic N) is 1. The van der Waals surface area contributed by atoms with E-state index in [1.807, 2.05) is 0 Å². The van der Waals surface area contributed by atoms with Crippen molar-refractivity contribution in [3.63, 3.8) is 0 Å². The molecule has 0 saturated heterocycles. The molecule has 2 N–H and O–H groups in total. The molecule has 0 aliphatic heterocycles. The fraction of sp³-hybridized carbons (Fsp3) is 0.800. The molecule has 1 aliphatic rings. The molecule has 7 heavy (non-hydrogen) atoms. The molecule has 0 heterocycles. The van der Waals surface area contributed by atoms with Gasteiger partial charge in [0.25, 0.3) is 0 Å². The molecule has 0 unspecified atom stereocenters. The van der Waals surface area contributed by atoms with Crippen molar-refractivity contribution >= 4 is 0 Å². The molecule has 38 valence electrons. The van der Waals surface area contributed by atoms with Crippen molar-refractivity contribution in [1.29, 1.82) is 5.26 Å². The second-order valence-electron chi connectivity index (χ2n) is 1.97. The first-order valence-corrected chi connectivity index (χ1v) is 2.48. The van der Waals surface area contributed by atoms with E-state index in [0.29, 0.717) is 18.4 Å². The van der Waals surface area contributed by atoms with E-state index in [4.69, 9.17) is 11.0 Å². The smallest absolute Gasteiger partial charge is 0.0659 e. The summed E-state index contributed by atoms with van der Waals surface area (Å²) in [5, 5.41) is 8.20. The maximum Gasteiger partial charge on any atom is 0.0659 e. The lowest BCUT2D eigenvalue weighted by atomic mass is 10.3. The largest absolute Gasteiger partial charge is 0.330 e. The molecular weight excluding hydrogens is 88.1 g/mol. The van der Waals surface area contributed by atoms with Gasteiger partial charge in [-0.1, -0.05) is 0 Å². The molecule has 1 aliphatic carbocycles. The minimum absolute atomic E-state index is 0.296. The van der Waals surface area contributed by atoms with E-state index in [0.717, 1.165) is 6.42 Å². The van der Waals surface area contributed by atoms with Crippen molar-refractivity contribution in [3.8, 4) is 6.07 Å². The van der Waals surface area contributed by atoms with E-state index in [9.17, 15) is 0 Å². The van der Waals surface area contributed by atoms with E-state index < -0.39 is 0 Å². The third kappa shape index (κ3) is 0.726. The van der Waals surface area contributed by atoms with Gasteiger partial charge >= 0.3 is 0 Å². The lowest BCUT2D eigenvalue weighted by Crippen LogP contribution is -2.01. The second-order valence-corrected chi connectivity index (χ2v) is 1.97. The van der Waals surface area contributed by atoms with Gasteiger partial charge in [0, 0.05) is 0 Å². The molecule has 2 atom stereocenters. The number of nitriles is 1. The zero-order valence-corrected chi connectivity index (χ0v) is 4.09. The Bertz CT molecular complexity index is 103. The Balaban J connectivity index is 2.21. The highest BCUT2D eigenvalue weighted by Crippen LogP contribution is 2.35. The molecule has 0 aromatic heterocycles. The Kier molecular flexibility index (Phi) is 0.994. The van der Waals surface area contributed by atoms with Gasteiger partial charge in [-0.2, -0.15) is 5.26 Å². The summed E-state index contributed by atoms with van der Waals surface area (Å²) in [6.45, 7) is 0.693. The van der Waals surface area contributed by atoms with Crippen LogP contribution in [0.1, 0.15) is 6.42 Å². The molecular formula is C5H8N2. The molecule has 2 heteroatoms. The van der Waals surface area contributed by atoms with Crippen molar-refractivity contribution in [2.45, 2.75) is 6.42 Å². The second kappa shape index (κ2) is 1.51. The van der Waals surface area contributed by atoms with Crippen LogP contribution in [0.15, 0.2) is 0 Å². The summed E-state index contributed by atoms with van der Waals surface area (Å²) in [6, 6.07) is 2.16. The third-order valence-electron chi connectivity index (χ3n) is 1.39. The average Bonchev–Trinajstić information content (AvgIpc) is 2.43. The first-order chi connectivity index (χ1) is 3.38. The van der Waals surface area contributed by atoms with Gasteiger partial charge in [-0.15, -0.1) is 0 Å². The molecule has 0 aromatic rings. The first kappa shape index (κ1) is 4.61. The van der Waals surface area contributed by atoms with E-state index in [1.165, 1.54) is 0 Å². The molecule has 0 radical (unpaired) electrons. The molecule has 0 amide bonds. The van der Waals surface area contributed by atoms with E-state index in [1.54, 1.807) is 0 Å². The van der Waals surface area contributed by atoms with Crippen LogP contribution in [0.2, 0.25) is 0 Å².